The molecule has 2 aliphatic rings. The van der Waals surface area contributed by atoms with E-state index in [1.54, 1.807) is 43.3 Å². The summed E-state index contributed by atoms with van der Waals surface area (Å²) in [6, 6.07) is 21.8. The van der Waals surface area contributed by atoms with Gasteiger partial charge in [0.1, 0.15) is 25.9 Å². The third-order valence-corrected chi connectivity index (χ3v) is 8.83. The van der Waals surface area contributed by atoms with Crippen LogP contribution in [0.25, 0.3) is 11.1 Å². The SMILES string of the molecule is C[C@@H](CO)NC(=O)C[C@H]1CC=CCC[C@H](NC(=O)OCC2c3ccccc3-c3ccccc32)C(=O)OC[C@H](C(=O)OCc2ccccc2)NC1=O. The van der Waals surface area contributed by atoms with Gasteiger partial charge in [0.25, 0.3) is 0 Å². The fourth-order valence-corrected chi connectivity index (χ4v) is 6.11. The minimum atomic E-state index is -1.40. The zero-order valence-corrected chi connectivity index (χ0v) is 28.4. The molecule has 0 fully saturated rings. The maximum atomic E-state index is 13.4. The van der Waals surface area contributed by atoms with Gasteiger partial charge in [-0.1, -0.05) is 91.0 Å². The molecule has 3 aromatic carbocycles. The van der Waals surface area contributed by atoms with Crippen molar-refractivity contribution >= 4 is 29.8 Å². The molecule has 12 heteroatoms. The number of rotatable bonds is 10. The van der Waals surface area contributed by atoms with Crippen LogP contribution in [-0.4, -0.2) is 72.9 Å². The number of hydrogen-bond acceptors (Lipinski definition) is 9. The number of carbonyl (C=O) groups is 5. The lowest BCUT2D eigenvalue weighted by Gasteiger charge is -2.23. The molecule has 5 rings (SSSR count). The molecule has 0 spiro atoms. The van der Waals surface area contributed by atoms with E-state index in [9.17, 15) is 29.1 Å². The Morgan fingerprint density at radius 2 is 1.59 bits per heavy atom. The minimum Gasteiger partial charge on any atom is -0.461 e. The highest BCUT2D eigenvalue weighted by atomic mass is 16.6. The smallest absolute Gasteiger partial charge is 0.407 e. The summed E-state index contributed by atoms with van der Waals surface area (Å²) < 4.78 is 16.6. The van der Waals surface area contributed by atoms with Crippen LogP contribution in [0.2, 0.25) is 0 Å². The van der Waals surface area contributed by atoms with Crippen molar-refractivity contribution in [2.45, 2.75) is 63.3 Å². The molecular formula is C39H43N3O9. The predicted molar refractivity (Wildman–Crippen MR) is 187 cm³/mol. The van der Waals surface area contributed by atoms with Gasteiger partial charge < -0.3 is 35.3 Å². The van der Waals surface area contributed by atoms with Gasteiger partial charge in [-0.25, -0.2) is 14.4 Å². The number of ether oxygens (including phenoxy) is 3. The number of alkyl carbamates (subject to hydrolysis) is 1. The van der Waals surface area contributed by atoms with Crippen LogP contribution in [0.3, 0.4) is 0 Å². The molecule has 0 unspecified atom stereocenters. The van der Waals surface area contributed by atoms with Crippen LogP contribution in [0.1, 0.15) is 55.2 Å². The van der Waals surface area contributed by atoms with E-state index in [0.717, 1.165) is 22.3 Å². The van der Waals surface area contributed by atoms with Crippen molar-refractivity contribution in [1.82, 2.24) is 16.0 Å². The Kier molecular flexibility index (Phi) is 12.9. The van der Waals surface area contributed by atoms with Crippen LogP contribution in [0, 0.1) is 5.92 Å². The number of esters is 2. The first-order valence-electron chi connectivity index (χ1n) is 17.1. The Bertz CT molecular complexity index is 1680. The van der Waals surface area contributed by atoms with Gasteiger partial charge in [-0.15, -0.1) is 0 Å². The number of nitrogens with one attached hydrogen (secondary N) is 3. The third kappa shape index (κ3) is 10.0. The molecule has 1 aliphatic carbocycles. The van der Waals surface area contributed by atoms with E-state index < -0.39 is 60.5 Å². The summed E-state index contributed by atoms with van der Waals surface area (Å²) in [6.07, 6.45) is 3.07. The number of carbonyl (C=O) groups excluding carboxylic acids is 5. The van der Waals surface area contributed by atoms with E-state index >= 15 is 0 Å². The average molecular weight is 698 g/mol. The third-order valence-electron chi connectivity index (χ3n) is 8.83. The first kappa shape index (κ1) is 36.8. The van der Waals surface area contributed by atoms with Crippen molar-refractivity contribution in [2.24, 2.45) is 5.92 Å². The Balaban J connectivity index is 1.27. The fourth-order valence-electron chi connectivity index (χ4n) is 6.11. The van der Waals surface area contributed by atoms with Crippen LogP contribution >= 0.6 is 0 Å². The van der Waals surface area contributed by atoms with E-state index in [-0.39, 0.29) is 45.0 Å². The fraction of sp³-hybridized carbons (Fsp3) is 0.359. The number of aliphatic hydroxyl groups excluding tert-OH is 1. The second kappa shape index (κ2) is 18.0. The summed E-state index contributed by atoms with van der Waals surface area (Å²) in [5, 5.41) is 17.2. The molecule has 0 aromatic heterocycles. The largest absolute Gasteiger partial charge is 0.461 e. The number of cyclic esters (lactones) is 1. The topological polar surface area (TPSA) is 169 Å². The zero-order chi connectivity index (χ0) is 36.2. The lowest BCUT2D eigenvalue weighted by atomic mass is 9.98. The van der Waals surface area contributed by atoms with Gasteiger partial charge in [-0.2, -0.15) is 0 Å². The number of allylic oxidation sites excluding steroid dienone is 2. The molecule has 12 nitrogen and oxygen atoms in total. The van der Waals surface area contributed by atoms with Gasteiger partial charge in [0, 0.05) is 18.4 Å². The van der Waals surface area contributed by atoms with Crippen molar-refractivity contribution in [2.75, 3.05) is 19.8 Å². The van der Waals surface area contributed by atoms with Crippen LogP contribution in [-0.2, 0) is 40.0 Å². The maximum absolute atomic E-state index is 13.4. The highest BCUT2D eigenvalue weighted by molar-refractivity contribution is 5.90. The first-order valence-corrected chi connectivity index (χ1v) is 17.1. The summed E-state index contributed by atoms with van der Waals surface area (Å²) in [4.78, 5) is 65.8. The Hall–Kier alpha value is -5.49. The molecule has 4 atom stereocenters. The average Bonchev–Trinajstić information content (AvgIpc) is 3.46. The molecule has 0 saturated heterocycles. The van der Waals surface area contributed by atoms with E-state index in [0.29, 0.717) is 12.0 Å². The summed E-state index contributed by atoms with van der Waals surface area (Å²) in [6.45, 7) is 0.750. The number of hydrogen-bond donors (Lipinski definition) is 4. The number of fused-ring (bicyclic) bond motifs is 3. The Morgan fingerprint density at radius 3 is 2.27 bits per heavy atom. The van der Waals surface area contributed by atoms with Gasteiger partial charge in [0.15, 0.2) is 6.04 Å². The standard InChI is InChI=1S/C39H43N3O9/c1-25(21-43)40-35(44)20-27-14-6-3-7-19-33(37(46)50-24-34(41-36(27)45)38(47)49-22-26-12-4-2-5-13-26)42-39(48)51-23-32-30-17-10-8-15-28(30)29-16-9-11-18-31(29)32/h2-6,8-13,15-18,25,27,32-34,43H,7,14,19-24H2,1H3,(H,40,44)(H,41,45)(H,42,48)/t25-,27+,33-,34+/m0/s1. The van der Waals surface area contributed by atoms with Crippen molar-refractivity contribution < 1.29 is 43.3 Å². The molecule has 4 N–H and O–H groups in total. The first-order chi connectivity index (χ1) is 24.7. The molecule has 268 valence electrons. The van der Waals surface area contributed by atoms with E-state index in [1.807, 2.05) is 54.6 Å². The lowest BCUT2D eigenvalue weighted by Crippen LogP contribution is -2.49. The second-order valence-electron chi connectivity index (χ2n) is 12.6. The predicted octanol–water partition coefficient (Wildman–Crippen LogP) is 3.91. The number of benzene rings is 3. The summed E-state index contributed by atoms with van der Waals surface area (Å²) in [5.74, 6) is -3.77. The maximum Gasteiger partial charge on any atom is 0.407 e. The number of amides is 3. The van der Waals surface area contributed by atoms with E-state index in [4.69, 9.17) is 14.2 Å². The van der Waals surface area contributed by atoms with E-state index in [1.165, 1.54) is 0 Å². The molecule has 1 aliphatic heterocycles. The van der Waals surface area contributed by atoms with Gasteiger partial charge in [-0.05, 0) is 54.0 Å². The molecule has 3 amide bonds. The monoisotopic (exact) mass is 697 g/mol. The highest BCUT2D eigenvalue weighted by Gasteiger charge is 2.33. The summed E-state index contributed by atoms with van der Waals surface area (Å²) in [7, 11) is 0. The van der Waals surface area contributed by atoms with E-state index in [2.05, 4.69) is 16.0 Å². The normalized spacial score (nSPS) is 19.8. The Morgan fingerprint density at radius 1 is 0.922 bits per heavy atom. The molecule has 0 saturated carbocycles. The van der Waals surface area contributed by atoms with Gasteiger partial charge in [0.05, 0.1) is 12.5 Å². The number of aliphatic hydroxyl groups is 1. The molecule has 0 bridgehead atoms. The van der Waals surface area contributed by atoms with Crippen LogP contribution < -0.4 is 16.0 Å². The molecular weight excluding hydrogens is 654 g/mol. The molecule has 51 heavy (non-hydrogen) atoms. The summed E-state index contributed by atoms with van der Waals surface area (Å²) >= 11 is 0. The molecule has 1 heterocycles. The summed E-state index contributed by atoms with van der Waals surface area (Å²) in [5.41, 5.74) is 4.97. The highest BCUT2D eigenvalue weighted by Crippen LogP contribution is 2.44. The Labute approximate surface area is 296 Å². The van der Waals surface area contributed by atoms with Crippen LogP contribution in [0.15, 0.2) is 91.0 Å². The van der Waals surface area contributed by atoms with Crippen molar-refractivity contribution in [3.05, 3.63) is 108 Å². The van der Waals surface area contributed by atoms with Crippen molar-refractivity contribution in [3.63, 3.8) is 0 Å². The van der Waals surface area contributed by atoms with Gasteiger partial charge in [0.2, 0.25) is 11.8 Å². The second-order valence-corrected chi connectivity index (χ2v) is 12.6. The molecule has 0 radical (unpaired) electrons. The van der Waals surface area contributed by atoms with Crippen LogP contribution in [0.5, 0.6) is 0 Å². The lowest BCUT2D eigenvalue weighted by molar-refractivity contribution is -0.156. The quantitative estimate of drug-likeness (QED) is 0.139. The van der Waals surface area contributed by atoms with Crippen molar-refractivity contribution in [3.8, 4) is 11.1 Å². The zero-order valence-electron chi connectivity index (χ0n) is 28.4. The van der Waals surface area contributed by atoms with Crippen molar-refractivity contribution in [1.29, 1.82) is 0 Å². The van der Waals surface area contributed by atoms with Gasteiger partial charge in [-0.3, -0.25) is 9.59 Å². The van der Waals surface area contributed by atoms with Gasteiger partial charge >= 0.3 is 18.0 Å². The minimum absolute atomic E-state index is 0.0505. The van der Waals surface area contributed by atoms with Crippen LogP contribution in [0.4, 0.5) is 4.79 Å². The molecule has 3 aromatic rings.